The first-order valence-electron chi connectivity index (χ1n) is 9.35. The van der Waals surface area contributed by atoms with Gasteiger partial charge in [-0.25, -0.2) is 9.18 Å². The molecular weight excluding hydrogens is 403 g/mol. The molecule has 1 N–H and O–H groups in total. The van der Waals surface area contributed by atoms with Gasteiger partial charge in [0.25, 0.3) is 5.91 Å². The molecule has 1 aliphatic heterocycles. The number of fused-ring (bicyclic) bond motifs is 1. The van der Waals surface area contributed by atoms with Crippen LogP contribution in [0.25, 0.3) is 10.9 Å². The molecule has 2 heterocycles. The molecule has 1 saturated heterocycles. The summed E-state index contributed by atoms with van der Waals surface area (Å²) in [6.45, 7) is 2.93. The van der Waals surface area contributed by atoms with Crippen LogP contribution in [-0.2, 0) is 4.74 Å². The van der Waals surface area contributed by atoms with Gasteiger partial charge < -0.3 is 19.7 Å². The van der Waals surface area contributed by atoms with Gasteiger partial charge in [0.15, 0.2) is 11.6 Å². The lowest BCUT2D eigenvalue weighted by molar-refractivity contribution is -0.0521. The number of alkyl halides is 2. The lowest BCUT2D eigenvalue weighted by Gasteiger charge is -2.24. The number of nitrogens with zero attached hydrogens (tertiary/aromatic N) is 2. The number of hydrogen-bond acceptors (Lipinski definition) is 5. The Morgan fingerprint density at radius 2 is 2.03 bits per heavy atom. The molecular formula is C20H24F3N3O4. The molecule has 2 aromatic rings. The number of rotatable bonds is 4. The van der Waals surface area contributed by atoms with E-state index in [4.69, 9.17) is 4.74 Å². The van der Waals surface area contributed by atoms with Gasteiger partial charge in [0.05, 0.1) is 11.1 Å². The highest BCUT2D eigenvalue weighted by Crippen LogP contribution is 2.25. The molecule has 1 aromatic carbocycles. The van der Waals surface area contributed by atoms with Crippen LogP contribution in [0, 0.1) is 5.82 Å². The zero-order chi connectivity index (χ0) is 22.1. The fourth-order valence-electron chi connectivity index (χ4n) is 3.08. The highest BCUT2D eigenvalue weighted by molar-refractivity contribution is 5.97. The van der Waals surface area contributed by atoms with Gasteiger partial charge in [-0.05, 0) is 39.3 Å². The molecule has 2 amide bonds. The van der Waals surface area contributed by atoms with E-state index in [2.05, 4.69) is 15.0 Å². The number of ether oxygens (including phenoxy) is 2. The summed E-state index contributed by atoms with van der Waals surface area (Å²) in [7, 11) is 0. The van der Waals surface area contributed by atoms with E-state index in [0.717, 1.165) is 12.1 Å². The Morgan fingerprint density at radius 1 is 1.30 bits per heavy atom. The van der Waals surface area contributed by atoms with Crippen LogP contribution in [0.4, 0.5) is 18.0 Å². The lowest BCUT2D eigenvalue weighted by Crippen LogP contribution is -2.40. The van der Waals surface area contributed by atoms with Crippen molar-refractivity contribution in [3.8, 4) is 5.75 Å². The molecule has 164 valence electrons. The number of pyridine rings is 1. The van der Waals surface area contributed by atoms with E-state index in [9.17, 15) is 22.8 Å². The molecule has 10 heteroatoms. The van der Waals surface area contributed by atoms with Gasteiger partial charge >= 0.3 is 12.7 Å². The van der Waals surface area contributed by atoms with Crippen LogP contribution in [0.3, 0.4) is 0 Å². The largest absolute Gasteiger partial charge is 0.444 e. The fraction of sp³-hybridized carbons (Fsp3) is 0.450. The standard InChI is InChI=1S/C20H22F3N3O4.H2/c1-20(2,3)30-19(28)26-5-4-13(10-26)25-17(27)12-6-11-7-14(21)16(29-18(22)23)8-15(11)24-9-12;/h6-9,13,18H,4-5,10H2,1-3H3,(H,25,27);1H/t13-;/m0./s1. The highest BCUT2D eigenvalue weighted by Gasteiger charge is 2.30. The van der Waals surface area contributed by atoms with Crippen molar-refractivity contribution in [1.82, 2.24) is 15.2 Å². The Morgan fingerprint density at radius 3 is 2.70 bits per heavy atom. The summed E-state index contributed by atoms with van der Waals surface area (Å²) in [5.74, 6) is -2.03. The third kappa shape index (κ3) is 5.31. The van der Waals surface area contributed by atoms with Crippen LogP contribution in [0.1, 0.15) is 39.0 Å². The first-order valence-corrected chi connectivity index (χ1v) is 9.35. The molecule has 0 aliphatic carbocycles. The third-order valence-electron chi connectivity index (χ3n) is 4.39. The van der Waals surface area contributed by atoms with Crippen LogP contribution in [0.15, 0.2) is 24.4 Å². The van der Waals surface area contributed by atoms with E-state index in [1.165, 1.54) is 17.2 Å². The molecule has 1 aliphatic rings. The number of nitrogens with one attached hydrogen (secondary N) is 1. The van der Waals surface area contributed by atoms with Gasteiger partial charge in [0.1, 0.15) is 5.60 Å². The number of likely N-dealkylation sites (tertiary alicyclic amines) is 1. The number of benzene rings is 1. The van der Waals surface area contributed by atoms with Crippen LogP contribution in [-0.4, -0.2) is 53.2 Å². The van der Waals surface area contributed by atoms with E-state index in [-0.39, 0.29) is 23.9 Å². The topological polar surface area (TPSA) is 80.8 Å². The van der Waals surface area contributed by atoms with Gasteiger partial charge in [-0.15, -0.1) is 0 Å². The van der Waals surface area contributed by atoms with E-state index in [1.807, 2.05) is 0 Å². The Hall–Kier alpha value is -3.04. The Labute approximate surface area is 172 Å². The summed E-state index contributed by atoms with van der Waals surface area (Å²) in [6.07, 6.45) is 1.39. The van der Waals surface area contributed by atoms with Crippen LogP contribution in [0.2, 0.25) is 0 Å². The molecule has 0 radical (unpaired) electrons. The second-order valence-electron chi connectivity index (χ2n) is 7.96. The van der Waals surface area contributed by atoms with Crippen LogP contribution >= 0.6 is 0 Å². The van der Waals surface area contributed by atoms with Crippen molar-refractivity contribution in [2.45, 2.75) is 45.4 Å². The van der Waals surface area contributed by atoms with Gasteiger partial charge in [-0.2, -0.15) is 8.78 Å². The first-order chi connectivity index (χ1) is 14.0. The first kappa shape index (κ1) is 21.7. The second-order valence-corrected chi connectivity index (χ2v) is 7.96. The fourth-order valence-corrected chi connectivity index (χ4v) is 3.08. The molecule has 30 heavy (non-hydrogen) atoms. The van der Waals surface area contributed by atoms with Crippen LogP contribution < -0.4 is 10.1 Å². The van der Waals surface area contributed by atoms with Gasteiger partial charge in [0.2, 0.25) is 0 Å². The minimum Gasteiger partial charge on any atom is -0.444 e. The monoisotopic (exact) mass is 427 g/mol. The molecule has 1 atom stereocenters. The molecule has 3 rings (SSSR count). The maximum Gasteiger partial charge on any atom is 0.410 e. The number of carbonyl (C=O) groups is 2. The zero-order valence-corrected chi connectivity index (χ0v) is 16.7. The summed E-state index contributed by atoms with van der Waals surface area (Å²) < 4.78 is 48.0. The van der Waals surface area contributed by atoms with Gasteiger partial charge in [0, 0.05) is 38.2 Å². The van der Waals surface area contributed by atoms with Crippen molar-refractivity contribution in [3.05, 3.63) is 35.8 Å². The highest BCUT2D eigenvalue weighted by atomic mass is 19.3. The Bertz CT molecular complexity index is 969. The van der Waals surface area contributed by atoms with Crippen molar-refractivity contribution in [1.29, 1.82) is 0 Å². The summed E-state index contributed by atoms with van der Waals surface area (Å²) in [5, 5.41) is 3.08. The number of amides is 2. The minimum atomic E-state index is -3.16. The maximum absolute atomic E-state index is 13.9. The quantitative estimate of drug-likeness (QED) is 0.799. The number of hydrogen-bond donors (Lipinski definition) is 1. The second kappa shape index (κ2) is 8.37. The molecule has 1 aromatic heterocycles. The Balaban J connectivity index is 0.00000341. The average molecular weight is 427 g/mol. The maximum atomic E-state index is 13.9. The molecule has 0 bridgehead atoms. The smallest absolute Gasteiger partial charge is 0.410 e. The van der Waals surface area contributed by atoms with Gasteiger partial charge in [-0.3, -0.25) is 9.78 Å². The van der Waals surface area contributed by atoms with Crippen molar-refractivity contribution >= 4 is 22.9 Å². The van der Waals surface area contributed by atoms with Crippen molar-refractivity contribution in [2.24, 2.45) is 0 Å². The van der Waals surface area contributed by atoms with Crippen molar-refractivity contribution in [3.63, 3.8) is 0 Å². The number of halogens is 3. The predicted octanol–water partition coefficient (Wildman–Crippen LogP) is 3.96. The van der Waals surface area contributed by atoms with Gasteiger partial charge in [-0.1, -0.05) is 0 Å². The summed E-state index contributed by atoms with van der Waals surface area (Å²) in [4.78, 5) is 30.2. The predicted molar refractivity (Wildman–Crippen MR) is 104 cm³/mol. The normalized spacial score (nSPS) is 16.8. The van der Waals surface area contributed by atoms with E-state index >= 15 is 0 Å². The number of aromatic nitrogens is 1. The van der Waals surface area contributed by atoms with E-state index in [1.54, 1.807) is 20.8 Å². The van der Waals surface area contributed by atoms with Crippen LogP contribution in [0.5, 0.6) is 5.75 Å². The Kier molecular flexibility index (Phi) is 6.04. The summed E-state index contributed by atoms with van der Waals surface area (Å²) in [6, 6.07) is 3.18. The van der Waals surface area contributed by atoms with Crippen molar-refractivity contribution < 1.29 is 33.7 Å². The molecule has 0 saturated carbocycles. The average Bonchev–Trinajstić information content (AvgIpc) is 3.09. The SMILES string of the molecule is CC(C)(C)OC(=O)N1CC[C@H](NC(=O)c2cnc3cc(OC(F)F)c(F)cc3c2)C1.[HH]. The summed E-state index contributed by atoms with van der Waals surface area (Å²) in [5.41, 5.74) is -0.217. The summed E-state index contributed by atoms with van der Waals surface area (Å²) >= 11 is 0. The molecule has 1 fully saturated rings. The third-order valence-corrected chi connectivity index (χ3v) is 4.39. The number of carbonyl (C=O) groups excluding carboxylic acids is 2. The zero-order valence-electron chi connectivity index (χ0n) is 16.7. The minimum absolute atomic E-state index is 0. The van der Waals surface area contributed by atoms with E-state index in [0.29, 0.717) is 19.5 Å². The molecule has 0 unspecified atom stereocenters. The molecule has 7 nitrogen and oxygen atoms in total. The van der Waals surface area contributed by atoms with E-state index < -0.39 is 35.8 Å². The molecule has 0 spiro atoms. The van der Waals surface area contributed by atoms with Crippen molar-refractivity contribution in [2.75, 3.05) is 13.1 Å². The lowest BCUT2D eigenvalue weighted by atomic mass is 10.1.